The molecule has 3 aliphatic carbocycles. The van der Waals surface area contributed by atoms with E-state index in [1.165, 1.54) is 5.56 Å². The van der Waals surface area contributed by atoms with Crippen LogP contribution in [0.2, 0.25) is 0 Å². The largest absolute Gasteiger partial charge is 0.497 e. The number of carbonyl (C=O) groups is 2. The van der Waals surface area contributed by atoms with Gasteiger partial charge in [0.1, 0.15) is 16.9 Å². The van der Waals surface area contributed by atoms with Crippen molar-refractivity contribution in [2.45, 2.75) is 30.6 Å². The quantitative estimate of drug-likeness (QED) is 0.444. The van der Waals surface area contributed by atoms with Gasteiger partial charge < -0.3 is 19.5 Å². The van der Waals surface area contributed by atoms with Crippen molar-refractivity contribution in [2.75, 3.05) is 27.3 Å². The highest BCUT2D eigenvalue weighted by Crippen LogP contribution is 2.71. The summed E-state index contributed by atoms with van der Waals surface area (Å²) in [6, 6.07) is 23.6. The molecule has 1 saturated heterocycles. The molecule has 0 radical (unpaired) electrons. The van der Waals surface area contributed by atoms with Crippen LogP contribution in [0.15, 0.2) is 79.4 Å². The minimum atomic E-state index is -1.16. The van der Waals surface area contributed by atoms with Crippen molar-refractivity contribution in [1.29, 1.82) is 0 Å². The van der Waals surface area contributed by atoms with Gasteiger partial charge in [0.05, 0.1) is 14.2 Å². The van der Waals surface area contributed by atoms with E-state index in [1.54, 1.807) is 25.2 Å². The average Bonchev–Trinajstić information content (AvgIpc) is 3.42. The molecule has 3 aromatic rings. The molecule has 0 aromatic heterocycles. The summed E-state index contributed by atoms with van der Waals surface area (Å²) >= 11 is 0. The van der Waals surface area contributed by atoms with E-state index in [9.17, 15) is 14.7 Å². The van der Waals surface area contributed by atoms with Crippen LogP contribution in [0.3, 0.4) is 0 Å². The Bertz CT molecular complexity index is 1500. The third-order valence-corrected chi connectivity index (χ3v) is 10.0. The standard InChI is InChI=1S/C33H33NO5/c1-21(24-9-5-8-12-27(24)39-4)29(35)34-19-28-32(22-13-15-23(38-3)16-14-22)18-17-31(2,33(28,20-34)30(36)37)25-10-6-7-11-26(25)32/h5-16,28H,1,17-20H2,2-4H3,(H,36,37). The van der Waals surface area contributed by atoms with Gasteiger partial charge in [-0.2, -0.15) is 0 Å². The van der Waals surface area contributed by atoms with Crippen molar-refractivity contribution in [3.63, 3.8) is 0 Å². The zero-order valence-corrected chi connectivity index (χ0v) is 22.6. The monoisotopic (exact) mass is 523 g/mol. The first kappa shape index (κ1) is 25.2. The lowest BCUT2D eigenvalue weighted by Gasteiger charge is -2.64. The van der Waals surface area contributed by atoms with Crippen LogP contribution in [0.1, 0.15) is 42.0 Å². The first-order valence-corrected chi connectivity index (χ1v) is 13.3. The molecule has 4 atom stereocenters. The van der Waals surface area contributed by atoms with E-state index >= 15 is 0 Å². The molecular weight excluding hydrogens is 490 g/mol. The van der Waals surface area contributed by atoms with Gasteiger partial charge in [-0.1, -0.05) is 68.1 Å². The van der Waals surface area contributed by atoms with E-state index in [4.69, 9.17) is 9.47 Å². The summed E-state index contributed by atoms with van der Waals surface area (Å²) in [4.78, 5) is 29.3. The molecule has 1 N–H and O–H groups in total. The van der Waals surface area contributed by atoms with Crippen LogP contribution in [0.25, 0.3) is 5.57 Å². The second-order valence-electron chi connectivity index (χ2n) is 11.3. The lowest BCUT2D eigenvalue weighted by Crippen LogP contribution is -2.67. The number of rotatable bonds is 6. The molecular formula is C33H33NO5. The molecule has 6 heteroatoms. The summed E-state index contributed by atoms with van der Waals surface area (Å²) in [5.41, 5.74) is 1.88. The van der Waals surface area contributed by atoms with Crippen LogP contribution in [-0.2, 0) is 20.4 Å². The number of fused-ring (bicyclic) bond motifs is 1. The zero-order chi connectivity index (χ0) is 27.6. The van der Waals surface area contributed by atoms with Crippen LogP contribution in [-0.4, -0.2) is 49.2 Å². The van der Waals surface area contributed by atoms with Gasteiger partial charge in [-0.05, 0) is 47.7 Å². The third-order valence-electron chi connectivity index (χ3n) is 10.0. The van der Waals surface area contributed by atoms with Gasteiger partial charge in [-0.15, -0.1) is 0 Å². The number of likely N-dealkylation sites (tertiary alicyclic amines) is 1. The molecule has 4 aliphatic rings. The number of aliphatic carboxylic acids is 1. The van der Waals surface area contributed by atoms with Crippen molar-refractivity contribution < 1.29 is 24.2 Å². The number of carboxylic acids is 1. The Labute approximate surface area is 228 Å². The second-order valence-corrected chi connectivity index (χ2v) is 11.3. The number of ether oxygens (including phenoxy) is 2. The van der Waals surface area contributed by atoms with Gasteiger partial charge in [0.2, 0.25) is 0 Å². The Balaban J connectivity index is 1.52. The molecule has 2 bridgehead atoms. The van der Waals surface area contributed by atoms with E-state index in [0.29, 0.717) is 29.9 Å². The minimum absolute atomic E-state index is 0.128. The van der Waals surface area contributed by atoms with Gasteiger partial charge in [0.25, 0.3) is 5.91 Å². The first-order valence-electron chi connectivity index (χ1n) is 13.3. The highest BCUT2D eigenvalue weighted by Gasteiger charge is 2.75. The molecule has 3 aromatic carbocycles. The molecule has 200 valence electrons. The van der Waals surface area contributed by atoms with E-state index in [2.05, 4.69) is 37.8 Å². The van der Waals surface area contributed by atoms with Crippen LogP contribution >= 0.6 is 0 Å². The second kappa shape index (κ2) is 8.73. The molecule has 1 saturated carbocycles. The Morgan fingerprint density at radius 1 is 0.923 bits per heavy atom. The number of nitrogens with zero attached hydrogens (tertiary/aromatic N) is 1. The summed E-state index contributed by atoms with van der Waals surface area (Å²) < 4.78 is 10.9. The molecule has 6 nitrogen and oxygen atoms in total. The SMILES string of the molecule is C=C(C(=O)N1CC2C3(c4ccc(OC)cc4)CCC(C)(c4ccccc43)C2(C(=O)O)C1)c1ccccc1OC. The maximum atomic E-state index is 14.0. The number of amides is 1. The smallest absolute Gasteiger partial charge is 0.312 e. The van der Waals surface area contributed by atoms with E-state index in [1.807, 2.05) is 42.5 Å². The predicted octanol–water partition coefficient (Wildman–Crippen LogP) is 5.30. The molecule has 1 amide bonds. The maximum absolute atomic E-state index is 14.0. The van der Waals surface area contributed by atoms with Crippen LogP contribution in [0, 0.1) is 11.3 Å². The molecule has 39 heavy (non-hydrogen) atoms. The van der Waals surface area contributed by atoms with Crippen molar-refractivity contribution in [3.8, 4) is 11.5 Å². The van der Waals surface area contributed by atoms with Crippen molar-refractivity contribution in [3.05, 3.63) is 102 Å². The van der Waals surface area contributed by atoms with E-state index < -0.39 is 22.2 Å². The van der Waals surface area contributed by atoms with Crippen molar-refractivity contribution >= 4 is 17.4 Å². The summed E-state index contributed by atoms with van der Waals surface area (Å²) in [6.07, 6.45) is 1.52. The van der Waals surface area contributed by atoms with Crippen molar-refractivity contribution in [1.82, 2.24) is 4.90 Å². The highest BCUT2D eigenvalue weighted by atomic mass is 16.5. The third kappa shape index (κ3) is 3.14. The number of methoxy groups -OCH3 is 2. The Kier molecular flexibility index (Phi) is 5.65. The lowest BCUT2D eigenvalue weighted by atomic mass is 9.37. The number of carboxylic acid groups (broad SMARTS) is 1. The minimum Gasteiger partial charge on any atom is -0.497 e. The molecule has 7 rings (SSSR count). The fourth-order valence-electron chi connectivity index (χ4n) is 8.08. The van der Waals surface area contributed by atoms with Gasteiger partial charge in [-0.25, -0.2) is 0 Å². The number of benzene rings is 3. The fourth-order valence-corrected chi connectivity index (χ4v) is 8.08. The molecule has 1 heterocycles. The Hall–Kier alpha value is -4.06. The normalized spacial score (nSPS) is 28.4. The van der Waals surface area contributed by atoms with Gasteiger partial charge in [-0.3, -0.25) is 9.59 Å². The Morgan fingerprint density at radius 2 is 1.59 bits per heavy atom. The summed E-state index contributed by atoms with van der Waals surface area (Å²) in [5.74, 6) is -0.110. The lowest BCUT2D eigenvalue weighted by molar-refractivity contribution is -0.164. The average molecular weight is 524 g/mol. The van der Waals surface area contributed by atoms with Crippen LogP contribution in [0.5, 0.6) is 11.5 Å². The molecule has 4 unspecified atom stereocenters. The maximum Gasteiger partial charge on any atom is 0.312 e. The molecule has 0 spiro atoms. The van der Waals surface area contributed by atoms with Crippen LogP contribution < -0.4 is 9.47 Å². The topological polar surface area (TPSA) is 76.1 Å². The van der Waals surface area contributed by atoms with Crippen LogP contribution in [0.4, 0.5) is 0 Å². The number of hydrogen-bond donors (Lipinski definition) is 1. The van der Waals surface area contributed by atoms with Gasteiger partial charge in [0.15, 0.2) is 0 Å². The predicted molar refractivity (Wildman–Crippen MR) is 149 cm³/mol. The van der Waals surface area contributed by atoms with E-state index in [-0.39, 0.29) is 18.4 Å². The van der Waals surface area contributed by atoms with Gasteiger partial charge in [0, 0.05) is 41.0 Å². The fraction of sp³-hybridized carbons (Fsp3) is 0.333. The Morgan fingerprint density at radius 3 is 2.26 bits per heavy atom. The summed E-state index contributed by atoms with van der Waals surface area (Å²) in [6.45, 7) is 6.68. The highest BCUT2D eigenvalue weighted by molar-refractivity contribution is 6.19. The summed E-state index contributed by atoms with van der Waals surface area (Å²) in [7, 11) is 3.20. The molecule has 2 fully saturated rings. The number of hydrogen-bond acceptors (Lipinski definition) is 4. The first-order chi connectivity index (χ1) is 18.7. The number of carbonyl (C=O) groups excluding carboxylic acids is 1. The molecule has 1 aliphatic heterocycles. The number of para-hydroxylation sites is 1. The van der Waals surface area contributed by atoms with Gasteiger partial charge >= 0.3 is 5.97 Å². The zero-order valence-electron chi connectivity index (χ0n) is 22.6. The summed E-state index contributed by atoms with van der Waals surface area (Å²) in [5, 5.41) is 11.1. The van der Waals surface area contributed by atoms with E-state index in [0.717, 1.165) is 23.3 Å². The van der Waals surface area contributed by atoms with Crippen molar-refractivity contribution in [2.24, 2.45) is 11.3 Å².